The number of rotatable bonds is 5. The lowest BCUT2D eigenvalue weighted by Gasteiger charge is -2.10. The largest absolute Gasteiger partial charge is 0.573 e. The van der Waals surface area contributed by atoms with Crippen molar-refractivity contribution in [2.45, 2.75) is 13.3 Å². The zero-order chi connectivity index (χ0) is 24.8. The van der Waals surface area contributed by atoms with E-state index in [2.05, 4.69) is 36.8 Å². The Morgan fingerprint density at radius 3 is 2.06 bits per heavy atom. The number of benzene rings is 3. The maximum Gasteiger partial charge on any atom is 0.573 e. The Bertz CT molecular complexity index is 1360. The lowest BCUT2D eigenvalue weighted by atomic mass is 10.1. The Morgan fingerprint density at radius 2 is 1.43 bits per heavy atom. The van der Waals surface area contributed by atoms with Gasteiger partial charge in [0.15, 0.2) is 5.82 Å². The van der Waals surface area contributed by atoms with E-state index in [1.165, 1.54) is 24.3 Å². The summed E-state index contributed by atoms with van der Waals surface area (Å²) in [6.07, 6.45) is -4.76. The number of hydrogen-bond donors (Lipinski definition) is 1. The third-order valence-corrected chi connectivity index (χ3v) is 4.70. The van der Waals surface area contributed by atoms with E-state index in [4.69, 9.17) is 4.74 Å². The molecule has 35 heavy (non-hydrogen) atoms. The first-order valence-electron chi connectivity index (χ1n) is 10.4. The summed E-state index contributed by atoms with van der Waals surface area (Å²) in [6, 6.07) is 20.1. The van der Waals surface area contributed by atoms with Crippen molar-refractivity contribution in [3.63, 3.8) is 0 Å². The van der Waals surface area contributed by atoms with Gasteiger partial charge in [-0.2, -0.15) is 9.97 Å². The smallest absolute Gasteiger partial charge is 0.497 e. The molecule has 4 rings (SSSR count). The minimum absolute atomic E-state index is 0.184. The molecule has 0 bridgehead atoms. The van der Waals surface area contributed by atoms with Crippen molar-refractivity contribution in [1.29, 1.82) is 0 Å². The highest BCUT2D eigenvalue weighted by Gasteiger charge is 2.30. The van der Waals surface area contributed by atoms with Gasteiger partial charge >= 0.3 is 6.36 Å². The zero-order valence-electron chi connectivity index (χ0n) is 18.7. The average molecular weight is 476 g/mol. The van der Waals surface area contributed by atoms with E-state index in [1.807, 2.05) is 31.2 Å². The van der Waals surface area contributed by atoms with Crippen molar-refractivity contribution in [2.24, 2.45) is 0 Å². The van der Waals surface area contributed by atoms with Gasteiger partial charge in [0.1, 0.15) is 11.5 Å². The number of alkyl halides is 3. The molecule has 9 heteroatoms. The van der Waals surface area contributed by atoms with E-state index < -0.39 is 6.36 Å². The van der Waals surface area contributed by atoms with E-state index in [-0.39, 0.29) is 17.5 Å². The first-order chi connectivity index (χ1) is 16.8. The number of aromatic nitrogens is 3. The Kier molecular flexibility index (Phi) is 6.83. The maximum atomic E-state index is 12.4. The van der Waals surface area contributed by atoms with Gasteiger partial charge < -0.3 is 14.8 Å². The average Bonchev–Trinajstić information content (AvgIpc) is 2.84. The molecule has 0 atom stereocenters. The minimum atomic E-state index is -4.76. The number of aryl methyl sites for hydroxylation is 1. The third-order valence-electron chi connectivity index (χ3n) is 4.70. The van der Waals surface area contributed by atoms with Gasteiger partial charge in [0.25, 0.3) is 0 Å². The summed E-state index contributed by atoms with van der Waals surface area (Å²) in [5.41, 5.74) is 3.10. The van der Waals surface area contributed by atoms with E-state index in [1.54, 1.807) is 31.4 Å². The second-order valence-corrected chi connectivity index (χ2v) is 7.35. The van der Waals surface area contributed by atoms with Crippen LogP contribution in [0.4, 0.5) is 24.8 Å². The van der Waals surface area contributed by atoms with Crippen molar-refractivity contribution in [2.75, 3.05) is 12.4 Å². The molecular weight excluding hydrogens is 457 g/mol. The third kappa shape index (κ3) is 6.71. The van der Waals surface area contributed by atoms with Gasteiger partial charge in [0.2, 0.25) is 11.8 Å². The zero-order valence-corrected chi connectivity index (χ0v) is 18.7. The van der Waals surface area contributed by atoms with Crippen molar-refractivity contribution in [1.82, 2.24) is 15.0 Å². The van der Waals surface area contributed by atoms with E-state index in [0.29, 0.717) is 22.8 Å². The Labute approximate surface area is 199 Å². The lowest BCUT2D eigenvalue weighted by Crippen LogP contribution is -2.17. The highest BCUT2D eigenvalue weighted by atomic mass is 19.4. The minimum Gasteiger partial charge on any atom is -0.497 e. The molecule has 0 saturated heterocycles. The van der Waals surface area contributed by atoms with Gasteiger partial charge in [0, 0.05) is 16.8 Å². The number of ether oxygens (including phenoxy) is 2. The number of nitrogens with one attached hydrogen (secondary N) is 1. The normalized spacial score (nSPS) is 10.8. The van der Waals surface area contributed by atoms with Crippen molar-refractivity contribution < 1.29 is 22.6 Å². The topological polar surface area (TPSA) is 69.2 Å². The molecule has 0 aliphatic rings. The van der Waals surface area contributed by atoms with Crippen LogP contribution in [0.3, 0.4) is 0 Å². The summed E-state index contributed by atoms with van der Waals surface area (Å²) in [4.78, 5) is 13.3. The molecule has 4 aromatic rings. The van der Waals surface area contributed by atoms with Crippen LogP contribution in [0, 0.1) is 18.8 Å². The van der Waals surface area contributed by atoms with Crippen LogP contribution in [0.25, 0.3) is 11.4 Å². The lowest BCUT2D eigenvalue weighted by molar-refractivity contribution is -0.274. The fourth-order valence-electron chi connectivity index (χ4n) is 2.99. The molecule has 0 spiro atoms. The van der Waals surface area contributed by atoms with E-state index >= 15 is 0 Å². The molecule has 1 aromatic heterocycles. The van der Waals surface area contributed by atoms with Crippen LogP contribution in [0.15, 0.2) is 72.8 Å². The molecule has 1 heterocycles. The molecular formula is C26H19F3N4O2. The van der Waals surface area contributed by atoms with Gasteiger partial charge in [-0.3, -0.25) is 0 Å². The summed E-state index contributed by atoms with van der Waals surface area (Å²) >= 11 is 0. The van der Waals surface area contributed by atoms with Gasteiger partial charge in [0.05, 0.1) is 7.11 Å². The molecule has 0 amide bonds. The number of nitrogens with zero attached hydrogens (tertiary/aromatic N) is 3. The van der Waals surface area contributed by atoms with Gasteiger partial charge in [-0.1, -0.05) is 23.6 Å². The quantitative estimate of drug-likeness (QED) is 0.362. The molecule has 6 nitrogen and oxygen atoms in total. The fraction of sp³-hybridized carbons (Fsp3) is 0.115. The highest BCUT2D eigenvalue weighted by Crippen LogP contribution is 2.25. The van der Waals surface area contributed by atoms with Crippen LogP contribution in [0.2, 0.25) is 0 Å². The molecule has 0 aliphatic carbocycles. The first-order valence-corrected chi connectivity index (χ1v) is 10.4. The number of halogens is 3. The van der Waals surface area contributed by atoms with Crippen LogP contribution in [-0.2, 0) is 0 Å². The standard InChI is InChI=1S/C26H19F3N4O2/c1-17-3-5-18(6-4-17)7-16-23-31-24(19-8-12-21(34-2)13-9-19)33-25(32-23)30-20-10-14-22(15-11-20)35-26(27,28)29/h3-6,8-15H,1-2H3,(H,30,31,32,33). The summed E-state index contributed by atoms with van der Waals surface area (Å²) in [5.74, 6) is 7.12. The van der Waals surface area contributed by atoms with Gasteiger partial charge in [-0.15, -0.1) is 13.2 Å². The summed E-state index contributed by atoms with van der Waals surface area (Å²) in [6.45, 7) is 1.99. The Balaban J connectivity index is 1.66. The molecule has 1 N–H and O–H groups in total. The number of hydrogen-bond acceptors (Lipinski definition) is 6. The summed E-state index contributed by atoms with van der Waals surface area (Å²) in [5, 5.41) is 2.98. The molecule has 0 aliphatic heterocycles. The van der Waals surface area contributed by atoms with E-state index in [9.17, 15) is 13.2 Å². The predicted molar refractivity (Wildman–Crippen MR) is 125 cm³/mol. The van der Waals surface area contributed by atoms with Crippen LogP contribution < -0.4 is 14.8 Å². The van der Waals surface area contributed by atoms with Crippen LogP contribution in [0.1, 0.15) is 17.0 Å². The van der Waals surface area contributed by atoms with Gasteiger partial charge in [-0.05, 0) is 73.5 Å². The number of methoxy groups -OCH3 is 1. The molecule has 0 radical (unpaired) electrons. The first kappa shape index (κ1) is 23.6. The molecule has 176 valence electrons. The van der Waals surface area contributed by atoms with Crippen molar-refractivity contribution in [3.05, 3.63) is 89.7 Å². The SMILES string of the molecule is COc1ccc(-c2nc(C#Cc3ccc(C)cc3)nc(Nc3ccc(OC(F)(F)F)cc3)n2)cc1. The van der Waals surface area contributed by atoms with Crippen molar-refractivity contribution in [3.8, 4) is 34.7 Å². The highest BCUT2D eigenvalue weighted by molar-refractivity contribution is 5.61. The van der Waals surface area contributed by atoms with Crippen LogP contribution >= 0.6 is 0 Å². The summed E-state index contributed by atoms with van der Waals surface area (Å²) < 4.78 is 46.4. The molecule has 0 unspecified atom stereocenters. The van der Waals surface area contributed by atoms with Gasteiger partial charge in [-0.25, -0.2) is 4.98 Å². The van der Waals surface area contributed by atoms with Crippen LogP contribution in [0.5, 0.6) is 11.5 Å². The van der Waals surface area contributed by atoms with Crippen LogP contribution in [-0.4, -0.2) is 28.4 Å². The second-order valence-electron chi connectivity index (χ2n) is 7.35. The fourth-order valence-corrected chi connectivity index (χ4v) is 2.99. The monoisotopic (exact) mass is 476 g/mol. The van der Waals surface area contributed by atoms with Crippen molar-refractivity contribution >= 4 is 11.6 Å². The summed E-state index contributed by atoms with van der Waals surface area (Å²) in [7, 11) is 1.57. The molecule has 3 aromatic carbocycles. The maximum absolute atomic E-state index is 12.4. The number of anilines is 2. The van der Waals surface area contributed by atoms with E-state index in [0.717, 1.165) is 11.1 Å². The second kappa shape index (κ2) is 10.1. The predicted octanol–water partition coefficient (Wildman–Crippen LogP) is 5.90. The molecule has 0 fully saturated rings. The Morgan fingerprint density at radius 1 is 0.771 bits per heavy atom. The Hall–Kier alpha value is -4.58. The molecule has 0 saturated carbocycles.